The highest BCUT2D eigenvalue weighted by Crippen LogP contribution is 2.20. The molecule has 0 aromatic carbocycles. The number of aromatic nitrogens is 3. The van der Waals surface area contributed by atoms with Crippen LogP contribution >= 0.6 is 0 Å². The van der Waals surface area contributed by atoms with Crippen LogP contribution in [-0.2, 0) is 4.79 Å². The fourth-order valence-electron chi connectivity index (χ4n) is 1.81. The summed E-state index contributed by atoms with van der Waals surface area (Å²) in [6.07, 6.45) is 2.16. The third kappa shape index (κ3) is 1.96. The van der Waals surface area contributed by atoms with Crippen LogP contribution in [0.4, 0.5) is 16.4 Å². The van der Waals surface area contributed by atoms with Crippen LogP contribution in [0.2, 0.25) is 0 Å². The third-order valence-electron chi connectivity index (χ3n) is 2.90. The van der Waals surface area contributed by atoms with Crippen LogP contribution in [0.5, 0.6) is 0 Å². The summed E-state index contributed by atoms with van der Waals surface area (Å²) < 4.78 is 1.53. The van der Waals surface area contributed by atoms with Gasteiger partial charge in [0.2, 0.25) is 5.91 Å². The van der Waals surface area contributed by atoms with Crippen molar-refractivity contribution in [3.8, 4) is 0 Å². The maximum Gasteiger partial charge on any atom is 0.320 e. The van der Waals surface area contributed by atoms with Crippen LogP contribution in [-0.4, -0.2) is 40.1 Å². The smallest absolute Gasteiger partial charge is 0.320 e. The van der Waals surface area contributed by atoms with E-state index in [1.807, 2.05) is 0 Å². The molecule has 2 aromatic rings. The SMILES string of the molecule is CNC(=O)Nc1cn2nc(N3CCC3=O)ccc2n1. The van der Waals surface area contributed by atoms with E-state index >= 15 is 0 Å². The first kappa shape index (κ1) is 11.5. The highest BCUT2D eigenvalue weighted by Gasteiger charge is 2.26. The maximum atomic E-state index is 11.4. The normalized spacial score (nSPS) is 14.4. The molecule has 0 saturated carbocycles. The third-order valence-corrected chi connectivity index (χ3v) is 2.90. The average molecular weight is 260 g/mol. The largest absolute Gasteiger partial charge is 0.341 e. The van der Waals surface area contributed by atoms with Gasteiger partial charge in [0, 0.05) is 20.0 Å². The zero-order valence-electron chi connectivity index (χ0n) is 10.3. The first-order chi connectivity index (χ1) is 9.17. The molecule has 0 unspecified atom stereocenters. The number of nitrogens with zero attached hydrogens (tertiary/aromatic N) is 4. The molecule has 0 atom stereocenters. The number of hydrogen-bond acceptors (Lipinski definition) is 4. The second-order valence-electron chi connectivity index (χ2n) is 4.12. The minimum Gasteiger partial charge on any atom is -0.341 e. The van der Waals surface area contributed by atoms with Gasteiger partial charge in [0.1, 0.15) is 0 Å². The molecule has 1 aliphatic rings. The van der Waals surface area contributed by atoms with Gasteiger partial charge < -0.3 is 5.32 Å². The van der Waals surface area contributed by atoms with Crippen molar-refractivity contribution in [3.63, 3.8) is 0 Å². The van der Waals surface area contributed by atoms with E-state index in [4.69, 9.17) is 0 Å². The monoisotopic (exact) mass is 260 g/mol. The van der Waals surface area contributed by atoms with E-state index in [0.717, 1.165) is 0 Å². The number of carbonyl (C=O) groups excluding carboxylic acids is 2. The molecule has 1 aliphatic heterocycles. The summed E-state index contributed by atoms with van der Waals surface area (Å²) in [6.45, 7) is 0.690. The van der Waals surface area contributed by atoms with E-state index in [1.54, 1.807) is 23.2 Å². The van der Waals surface area contributed by atoms with Gasteiger partial charge in [0.05, 0.1) is 6.20 Å². The lowest BCUT2D eigenvalue weighted by atomic mass is 10.2. The summed E-state index contributed by atoms with van der Waals surface area (Å²) in [5.74, 6) is 1.06. The average Bonchev–Trinajstić information content (AvgIpc) is 2.78. The molecular weight excluding hydrogens is 248 g/mol. The molecule has 0 radical (unpaired) electrons. The van der Waals surface area contributed by atoms with Crippen molar-refractivity contribution in [2.24, 2.45) is 0 Å². The van der Waals surface area contributed by atoms with Crippen molar-refractivity contribution < 1.29 is 9.59 Å². The number of anilines is 2. The second kappa shape index (κ2) is 4.23. The number of hydrogen-bond donors (Lipinski definition) is 2. The van der Waals surface area contributed by atoms with Gasteiger partial charge in [0.25, 0.3) is 0 Å². The Morgan fingerprint density at radius 1 is 1.42 bits per heavy atom. The predicted octanol–water partition coefficient (Wildman–Crippen LogP) is 0.217. The van der Waals surface area contributed by atoms with Crippen LogP contribution in [0.15, 0.2) is 18.3 Å². The Balaban J connectivity index is 1.90. The fourth-order valence-corrected chi connectivity index (χ4v) is 1.81. The zero-order chi connectivity index (χ0) is 13.4. The lowest BCUT2D eigenvalue weighted by molar-refractivity contribution is -0.122. The fraction of sp³-hybridized carbons (Fsp3) is 0.273. The van der Waals surface area contributed by atoms with Gasteiger partial charge in [0.15, 0.2) is 17.3 Å². The molecule has 8 heteroatoms. The number of rotatable bonds is 2. The quantitative estimate of drug-likeness (QED) is 0.755. The summed E-state index contributed by atoms with van der Waals surface area (Å²) in [6, 6.07) is 3.15. The maximum absolute atomic E-state index is 11.4. The van der Waals surface area contributed by atoms with Gasteiger partial charge >= 0.3 is 6.03 Å². The first-order valence-electron chi connectivity index (χ1n) is 5.83. The van der Waals surface area contributed by atoms with E-state index in [0.29, 0.717) is 30.2 Å². The number of urea groups is 1. The van der Waals surface area contributed by atoms with Gasteiger partial charge in [-0.2, -0.15) is 0 Å². The highest BCUT2D eigenvalue weighted by atomic mass is 16.2. The summed E-state index contributed by atoms with van der Waals surface area (Å²) in [7, 11) is 1.52. The molecule has 0 aliphatic carbocycles. The number of β-lactam (4-membered cyclic amide) rings is 1. The minimum absolute atomic E-state index is 0.0654. The predicted molar refractivity (Wildman–Crippen MR) is 68.0 cm³/mol. The van der Waals surface area contributed by atoms with E-state index in [2.05, 4.69) is 20.7 Å². The Morgan fingerprint density at radius 3 is 2.89 bits per heavy atom. The van der Waals surface area contributed by atoms with Crippen molar-refractivity contribution >= 4 is 29.2 Å². The van der Waals surface area contributed by atoms with E-state index in [1.165, 1.54) is 11.6 Å². The number of carbonyl (C=O) groups is 2. The number of amides is 3. The van der Waals surface area contributed by atoms with Crippen molar-refractivity contribution in [2.75, 3.05) is 23.8 Å². The molecule has 2 aromatic heterocycles. The lowest BCUT2D eigenvalue weighted by Crippen LogP contribution is -2.44. The molecule has 3 amide bonds. The van der Waals surface area contributed by atoms with E-state index in [9.17, 15) is 9.59 Å². The van der Waals surface area contributed by atoms with Gasteiger partial charge in [-0.05, 0) is 12.1 Å². The number of imidazole rings is 1. The van der Waals surface area contributed by atoms with Crippen molar-refractivity contribution in [3.05, 3.63) is 18.3 Å². The summed E-state index contributed by atoms with van der Waals surface area (Å²) in [5.41, 5.74) is 0.600. The number of nitrogens with one attached hydrogen (secondary N) is 2. The Morgan fingerprint density at radius 2 is 2.26 bits per heavy atom. The van der Waals surface area contributed by atoms with Crippen LogP contribution in [0.1, 0.15) is 6.42 Å². The van der Waals surface area contributed by atoms with Crippen LogP contribution in [0.3, 0.4) is 0 Å². The summed E-state index contributed by atoms with van der Waals surface area (Å²) in [5, 5.41) is 9.29. The van der Waals surface area contributed by atoms with Gasteiger partial charge in [-0.15, -0.1) is 5.10 Å². The Kier molecular flexibility index (Phi) is 2.55. The molecule has 1 saturated heterocycles. The van der Waals surface area contributed by atoms with Crippen molar-refractivity contribution in [2.45, 2.75) is 6.42 Å². The molecule has 19 heavy (non-hydrogen) atoms. The molecule has 0 spiro atoms. The first-order valence-corrected chi connectivity index (χ1v) is 5.83. The van der Waals surface area contributed by atoms with Gasteiger partial charge in [-0.1, -0.05) is 0 Å². The zero-order valence-corrected chi connectivity index (χ0v) is 10.3. The molecule has 8 nitrogen and oxygen atoms in total. The number of fused-ring (bicyclic) bond motifs is 1. The molecule has 1 fully saturated rings. The van der Waals surface area contributed by atoms with Crippen molar-refractivity contribution in [1.82, 2.24) is 19.9 Å². The van der Waals surface area contributed by atoms with Gasteiger partial charge in [-0.3, -0.25) is 15.0 Å². The molecule has 98 valence electrons. The topological polar surface area (TPSA) is 91.6 Å². The Hall–Kier alpha value is -2.64. The molecule has 3 rings (SSSR count). The summed E-state index contributed by atoms with van der Waals surface area (Å²) in [4.78, 5) is 28.3. The highest BCUT2D eigenvalue weighted by molar-refractivity contribution is 5.98. The van der Waals surface area contributed by atoms with Crippen LogP contribution in [0.25, 0.3) is 5.65 Å². The molecular formula is C11H12N6O2. The van der Waals surface area contributed by atoms with Gasteiger partial charge in [-0.25, -0.2) is 14.3 Å². The Labute approximate surface area is 108 Å². The summed E-state index contributed by atoms with van der Waals surface area (Å²) >= 11 is 0. The van der Waals surface area contributed by atoms with Crippen molar-refractivity contribution in [1.29, 1.82) is 0 Å². The Bertz CT molecular complexity index is 664. The lowest BCUT2D eigenvalue weighted by Gasteiger charge is -2.29. The minimum atomic E-state index is -0.346. The molecule has 3 heterocycles. The van der Waals surface area contributed by atoms with Crippen LogP contribution < -0.4 is 15.5 Å². The molecule has 0 bridgehead atoms. The second-order valence-corrected chi connectivity index (χ2v) is 4.12. The standard InChI is InChI=1S/C11H12N6O2/c1-12-11(19)14-7-6-17-8(13-7)2-3-9(15-17)16-5-4-10(16)18/h2-3,6H,4-5H2,1H3,(H2,12,14,19). The van der Waals surface area contributed by atoms with Crippen LogP contribution in [0, 0.1) is 0 Å². The van der Waals surface area contributed by atoms with E-state index < -0.39 is 0 Å². The van der Waals surface area contributed by atoms with E-state index in [-0.39, 0.29) is 11.9 Å². The molecule has 2 N–H and O–H groups in total.